The number of carbonyl (C=O) groups excluding carboxylic acids is 3. The van der Waals surface area contributed by atoms with Crippen LogP contribution in [0.1, 0.15) is 132 Å². The number of nitrogens with one attached hydrogen (secondary N) is 1. The van der Waals surface area contributed by atoms with Crippen LogP contribution in [0.4, 0.5) is 5.69 Å². The first-order chi connectivity index (χ1) is 27.8. The quantitative estimate of drug-likeness (QED) is 0.169. The average Bonchev–Trinajstić information content (AvgIpc) is 3.14. The van der Waals surface area contributed by atoms with Crippen LogP contribution in [0.3, 0.4) is 0 Å². The summed E-state index contributed by atoms with van der Waals surface area (Å²) in [6, 6.07) is 11.7. The van der Waals surface area contributed by atoms with Crippen LogP contribution in [-0.2, 0) is 9.59 Å². The lowest BCUT2D eigenvalue weighted by molar-refractivity contribution is -0.116. The van der Waals surface area contributed by atoms with Crippen LogP contribution in [-0.4, -0.2) is 74.4 Å². The first kappa shape index (κ1) is 46.3. The molecule has 4 heterocycles. The van der Waals surface area contributed by atoms with Gasteiger partial charge in [-0.3, -0.25) is 19.4 Å². The number of Topliss-reactive ketones (excluding diaryl/α,β-unsaturated/α-hetero) is 2. The van der Waals surface area contributed by atoms with Gasteiger partial charge in [0.25, 0.3) is 5.91 Å². The van der Waals surface area contributed by atoms with E-state index in [-0.39, 0.29) is 45.8 Å². The number of carbonyl (C=O) groups is 3. The molecular weight excluding hydrogens is 743 g/mol. The van der Waals surface area contributed by atoms with Gasteiger partial charge in [0.15, 0.2) is 11.6 Å². The Hall–Kier alpha value is -4.72. The Labute approximate surface area is 362 Å². The molecule has 3 aliphatic rings. The lowest BCUT2D eigenvalue weighted by Crippen LogP contribution is -2.49. The second-order valence-corrected chi connectivity index (χ2v) is 21.5. The number of ketones is 2. The Bertz CT molecular complexity index is 2050. The Morgan fingerprint density at radius 2 is 1.45 bits per heavy atom. The van der Waals surface area contributed by atoms with Crippen molar-refractivity contribution in [1.29, 1.82) is 0 Å². The monoisotopic (exact) mass is 816 g/mol. The third kappa shape index (κ3) is 10.6. The van der Waals surface area contributed by atoms with Crippen LogP contribution < -0.4 is 5.32 Å². The van der Waals surface area contributed by atoms with Crippen molar-refractivity contribution in [1.82, 2.24) is 19.7 Å². The lowest BCUT2D eigenvalue weighted by atomic mass is 9.66. The van der Waals surface area contributed by atoms with Crippen LogP contribution >= 0.6 is 0 Å². The second kappa shape index (κ2) is 17.7. The minimum atomic E-state index is -0.495. The van der Waals surface area contributed by atoms with E-state index in [0.717, 1.165) is 55.0 Å². The molecule has 1 aromatic heterocycles. The molecule has 2 aromatic rings. The second-order valence-electron chi connectivity index (χ2n) is 21.5. The fraction of sp³-hybridized carbons (Fsp3) is 0.538. The van der Waals surface area contributed by atoms with Crippen LogP contribution in [0, 0.1) is 28.1 Å². The van der Waals surface area contributed by atoms with E-state index < -0.39 is 10.8 Å². The molecule has 0 spiro atoms. The van der Waals surface area contributed by atoms with E-state index in [1.165, 1.54) is 0 Å². The van der Waals surface area contributed by atoms with E-state index in [1.807, 2.05) is 36.6 Å². The molecule has 8 heteroatoms. The maximum atomic E-state index is 14.5. The van der Waals surface area contributed by atoms with Crippen molar-refractivity contribution in [3.63, 3.8) is 0 Å². The SMILES string of the molecule is CC(C)CN1C=C(C(=O)C/C=C/C=C\C2CN(C(C)(C)C)C=C(C(=O)Nc3cccc(C4CN(C(C)(C)C)C=C(C(=O)c5ccncc5)C4(C)C)c3)C2(C)C)C(C)(C)CC1. The van der Waals surface area contributed by atoms with Gasteiger partial charge in [-0.15, -0.1) is 0 Å². The van der Waals surface area contributed by atoms with Gasteiger partial charge < -0.3 is 20.0 Å². The number of pyridine rings is 1. The van der Waals surface area contributed by atoms with Crippen LogP contribution in [0.5, 0.6) is 0 Å². The number of hydrogen-bond donors (Lipinski definition) is 1. The first-order valence-electron chi connectivity index (χ1n) is 22.0. The number of hydrogen-bond acceptors (Lipinski definition) is 7. The van der Waals surface area contributed by atoms with Crippen molar-refractivity contribution in [3.05, 3.63) is 120 Å². The molecule has 0 bridgehead atoms. The Morgan fingerprint density at radius 1 is 0.817 bits per heavy atom. The molecule has 0 saturated carbocycles. The number of amides is 1. The molecule has 1 amide bonds. The molecular formula is C52H73N5O3. The van der Waals surface area contributed by atoms with Gasteiger partial charge in [-0.25, -0.2) is 0 Å². The highest BCUT2D eigenvalue weighted by molar-refractivity contribution is 6.09. The number of benzene rings is 1. The summed E-state index contributed by atoms with van der Waals surface area (Å²) in [4.78, 5) is 53.0. The first-order valence-corrected chi connectivity index (χ1v) is 22.0. The minimum absolute atomic E-state index is 0.00276. The topological polar surface area (TPSA) is 85.9 Å². The zero-order valence-corrected chi connectivity index (χ0v) is 39.1. The van der Waals surface area contributed by atoms with E-state index in [0.29, 0.717) is 23.5 Å². The molecule has 2 atom stereocenters. The number of nitrogens with zero attached hydrogens (tertiary/aromatic N) is 4. The summed E-state index contributed by atoms with van der Waals surface area (Å²) < 4.78 is 0. The summed E-state index contributed by atoms with van der Waals surface area (Å²) in [5.41, 5.74) is 3.27. The van der Waals surface area contributed by atoms with E-state index in [4.69, 9.17) is 0 Å². The standard InChI is InChI=1S/C52H73N5O3/c1-36(2)30-55-28-25-50(9,10)42(32-55)45(58)22-17-15-16-20-39-31-56(48(3,4)5)35-44(51(39,11)12)47(60)54-40-21-18-19-38(29-40)41-33-57(49(6,7)8)34-43(52(41,13)14)46(59)37-23-26-53-27-24-37/h15-21,23-24,26-27,29,32,34-36,39,41H,22,25,28,30-31,33H2,1-14H3,(H,54,60)/b17-15+,20-16-. The third-order valence-electron chi connectivity index (χ3n) is 13.1. The summed E-state index contributed by atoms with van der Waals surface area (Å²) in [6.07, 6.45) is 19.1. The molecule has 2 unspecified atom stereocenters. The molecule has 60 heavy (non-hydrogen) atoms. The van der Waals surface area contributed by atoms with E-state index in [9.17, 15) is 14.4 Å². The molecule has 1 aromatic carbocycles. The Morgan fingerprint density at radius 3 is 2.08 bits per heavy atom. The largest absolute Gasteiger partial charge is 0.377 e. The van der Waals surface area contributed by atoms with Gasteiger partial charge in [-0.2, -0.15) is 0 Å². The fourth-order valence-corrected chi connectivity index (χ4v) is 8.76. The van der Waals surface area contributed by atoms with Crippen molar-refractivity contribution in [3.8, 4) is 0 Å². The molecule has 5 rings (SSSR count). The van der Waals surface area contributed by atoms with E-state index in [2.05, 4.69) is 153 Å². The van der Waals surface area contributed by atoms with Gasteiger partial charge in [0.05, 0.1) is 0 Å². The maximum Gasteiger partial charge on any atom is 0.253 e. The molecule has 0 radical (unpaired) electrons. The van der Waals surface area contributed by atoms with E-state index >= 15 is 0 Å². The third-order valence-corrected chi connectivity index (χ3v) is 13.1. The van der Waals surface area contributed by atoms with Crippen LogP contribution in [0.2, 0.25) is 0 Å². The van der Waals surface area contributed by atoms with E-state index in [1.54, 1.807) is 24.5 Å². The summed E-state index contributed by atoms with van der Waals surface area (Å²) in [6.45, 7) is 33.8. The highest BCUT2D eigenvalue weighted by Gasteiger charge is 2.45. The normalized spacial score (nSPS) is 21.9. The van der Waals surface area contributed by atoms with Crippen molar-refractivity contribution >= 4 is 23.2 Å². The zero-order valence-electron chi connectivity index (χ0n) is 39.1. The molecule has 3 aliphatic heterocycles. The highest BCUT2D eigenvalue weighted by Crippen LogP contribution is 2.48. The minimum Gasteiger partial charge on any atom is -0.377 e. The fourth-order valence-electron chi connectivity index (χ4n) is 8.76. The Kier molecular flexibility index (Phi) is 13.7. The van der Waals surface area contributed by atoms with Crippen molar-refractivity contribution < 1.29 is 14.4 Å². The van der Waals surface area contributed by atoms with Gasteiger partial charge in [0.2, 0.25) is 0 Å². The van der Waals surface area contributed by atoms with Crippen LogP contribution in [0.25, 0.3) is 0 Å². The molecule has 0 saturated heterocycles. The molecule has 0 fully saturated rings. The average molecular weight is 816 g/mol. The maximum absolute atomic E-state index is 14.5. The number of anilines is 1. The van der Waals surface area contributed by atoms with Gasteiger partial charge in [-0.1, -0.05) is 91.8 Å². The van der Waals surface area contributed by atoms with Gasteiger partial charge in [-0.05, 0) is 89.1 Å². The summed E-state index contributed by atoms with van der Waals surface area (Å²) >= 11 is 0. The molecule has 324 valence electrons. The molecule has 1 N–H and O–H groups in total. The molecule has 8 nitrogen and oxygen atoms in total. The predicted octanol–water partition coefficient (Wildman–Crippen LogP) is 11.0. The van der Waals surface area contributed by atoms with Gasteiger partial charge in [0, 0.05) is 125 Å². The van der Waals surface area contributed by atoms with Crippen LogP contribution in [0.15, 0.2) is 108 Å². The smallest absolute Gasteiger partial charge is 0.253 e. The number of rotatable bonds is 12. The van der Waals surface area contributed by atoms with Crippen molar-refractivity contribution in [2.24, 2.45) is 28.1 Å². The van der Waals surface area contributed by atoms with Crippen molar-refractivity contribution in [2.75, 3.05) is 31.5 Å². The summed E-state index contributed by atoms with van der Waals surface area (Å²) in [5.74, 6) is 0.599. The van der Waals surface area contributed by atoms with Crippen molar-refractivity contribution in [2.45, 2.75) is 127 Å². The Balaban J connectivity index is 1.35. The highest BCUT2D eigenvalue weighted by atomic mass is 16.2. The van der Waals surface area contributed by atoms with Gasteiger partial charge in [0.1, 0.15) is 0 Å². The number of aromatic nitrogens is 1. The molecule has 0 aliphatic carbocycles. The lowest BCUT2D eigenvalue weighted by Gasteiger charge is -2.48. The predicted molar refractivity (Wildman–Crippen MR) is 247 cm³/mol. The summed E-state index contributed by atoms with van der Waals surface area (Å²) in [5, 5.41) is 3.29. The number of allylic oxidation sites excluding steroid dienone is 5. The summed E-state index contributed by atoms with van der Waals surface area (Å²) in [7, 11) is 0. The zero-order chi connectivity index (χ0) is 44.4. The van der Waals surface area contributed by atoms with Gasteiger partial charge >= 0.3 is 0 Å².